The summed E-state index contributed by atoms with van der Waals surface area (Å²) >= 11 is 1.76. The number of hydrogen-bond donors (Lipinski definition) is 0. The average Bonchev–Trinajstić information content (AvgIpc) is 2.35. The van der Waals surface area contributed by atoms with Gasteiger partial charge in [-0.15, -0.1) is 11.8 Å². The van der Waals surface area contributed by atoms with Crippen molar-refractivity contribution in [1.29, 1.82) is 0 Å². The Bertz CT molecular complexity index is 387. The first-order chi connectivity index (χ1) is 8.51. The van der Waals surface area contributed by atoms with Crippen LogP contribution in [0.25, 0.3) is 0 Å². The topological polar surface area (TPSA) is 12.4 Å². The Kier molecular flexibility index (Phi) is 5.94. The van der Waals surface area contributed by atoms with Crippen LogP contribution in [0.3, 0.4) is 0 Å². The van der Waals surface area contributed by atoms with Crippen molar-refractivity contribution in [1.82, 2.24) is 0 Å². The highest BCUT2D eigenvalue weighted by Crippen LogP contribution is 2.35. The van der Waals surface area contributed by atoms with Crippen LogP contribution >= 0.6 is 11.8 Å². The average molecular weight is 263 g/mol. The lowest BCUT2D eigenvalue weighted by molar-refractivity contribution is 0.834. The molecule has 0 aliphatic rings. The SMILES string of the molecule is CCC(=Nc1c(C(C)C)cccc1C(C)C)SC. The third-order valence-electron chi connectivity index (χ3n) is 3.12. The number of hydrogen-bond acceptors (Lipinski definition) is 2. The second kappa shape index (κ2) is 6.98. The monoisotopic (exact) mass is 263 g/mol. The molecule has 0 spiro atoms. The molecule has 0 amide bonds. The van der Waals surface area contributed by atoms with Gasteiger partial charge in [-0.05, 0) is 35.6 Å². The fourth-order valence-electron chi connectivity index (χ4n) is 2.03. The summed E-state index contributed by atoms with van der Waals surface area (Å²) in [5, 5.41) is 1.21. The zero-order valence-electron chi connectivity index (χ0n) is 12.4. The summed E-state index contributed by atoms with van der Waals surface area (Å²) in [6.45, 7) is 11.1. The van der Waals surface area contributed by atoms with Gasteiger partial charge in [0.25, 0.3) is 0 Å². The van der Waals surface area contributed by atoms with E-state index in [9.17, 15) is 0 Å². The quantitative estimate of drug-likeness (QED) is 0.498. The summed E-state index contributed by atoms with van der Waals surface area (Å²) in [5.41, 5.74) is 3.93. The van der Waals surface area contributed by atoms with Gasteiger partial charge in [-0.25, -0.2) is 4.99 Å². The molecule has 1 rings (SSSR count). The van der Waals surface area contributed by atoms with Crippen molar-refractivity contribution in [2.75, 3.05) is 6.26 Å². The minimum atomic E-state index is 0.516. The van der Waals surface area contributed by atoms with E-state index in [1.807, 2.05) is 0 Å². The highest BCUT2D eigenvalue weighted by molar-refractivity contribution is 8.13. The summed E-state index contributed by atoms with van der Waals surface area (Å²) in [6, 6.07) is 6.58. The van der Waals surface area contributed by atoms with Crippen molar-refractivity contribution in [3.05, 3.63) is 29.3 Å². The molecule has 0 saturated carbocycles. The number of nitrogens with zero attached hydrogens (tertiary/aromatic N) is 1. The Balaban J connectivity index is 3.40. The first-order valence-corrected chi connectivity index (χ1v) is 7.98. The number of para-hydroxylation sites is 1. The molecule has 0 heterocycles. The predicted molar refractivity (Wildman–Crippen MR) is 85.5 cm³/mol. The standard InChI is InChI=1S/C16H25NS/c1-7-15(18-6)17-16-13(11(2)3)9-8-10-14(16)12(4)5/h8-12H,7H2,1-6H3. The summed E-state index contributed by atoms with van der Waals surface area (Å²) in [5.74, 6) is 1.03. The zero-order chi connectivity index (χ0) is 13.7. The Morgan fingerprint density at radius 2 is 1.61 bits per heavy atom. The molecule has 0 aliphatic carbocycles. The molecule has 1 aromatic carbocycles. The molecule has 0 fully saturated rings. The van der Waals surface area contributed by atoms with Crippen LogP contribution in [0.5, 0.6) is 0 Å². The highest BCUT2D eigenvalue weighted by atomic mass is 32.2. The molecular weight excluding hydrogens is 238 g/mol. The van der Waals surface area contributed by atoms with E-state index < -0.39 is 0 Å². The normalized spacial score (nSPS) is 12.6. The predicted octanol–water partition coefficient (Wildman–Crippen LogP) is 5.74. The first kappa shape index (κ1) is 15.3. The molecule has 0 saturated heterocycles. The Labute approximate surface area is 116 Å². The highest BCUT2D eigenvalue weighted by Gasteiger charge is 2.13. The van der Waals surface area contributed by atoms with Crippen molar-refractivity contribution in [2.45, 2.75) is 52.9 Å². The smallest absolute Gasteiger partial charge is 0.0733 e. The van der Waals surface area contributed by atoms with Gasteiger partial charge in [0.05, 0.1) is 10.7 Å². The van der Waals surface area contributed by atoms with Crippen molar-refractivity contribution >= 4 is 22.5 Å². The molecule has 0 radical (unpaired) electrons. The van der Waals surface area contributed by atoms with Crippen LogP contribution in [0.4, 0.5) is 5.69 Å². The number of benzene rings is 1. The van der Waals surface area contributed by atoms with Crippen molar-refractivity contribution in [3.63, 3.8) is 0 Å². The van der Waals surface area contributed by atoms with Gasteiger partial charge in [0.1, 0.15) is 0 Å². The lowest BCUT2D eigenvalue weighted by atomic mass is 9.93. The van der Waals surface area contributed by atoms with Crippen LogP contribution in [0, 0.1) is 0 Å². The summed E-state index contributed by atoms with van der Waals surface area (Å²) in [6.07, 6.45) is 3.11. The first-order valence-electron chi connectivity index (χ1n) is 6.75. The largest absolute Gasteiger partial charge is 0.246 e. The molecule has 1 aromatic rings. The second-order valence-corrected chi connectivity index (χ2v) is 6.04. The molecule has 100 valence electrons. The van der Waals surface area contributed by atoms with Crippen LogP contribution in [-0.4, -0.2) is 11.3 Å². The van der Waals surface area contributed by atoms with E-state index in [4.69, 9.17) is 4.99 Å². The van der Waals surface area contributed by atoms with Gasteiger partial charge < -0.3 is 0 Å². The van der Waals surface area contributed by atoms with E-state index in [0.717, 1.165) is 6.42 Å². The summed E-state index contributed by atoms with van der Waals surface area (Å²) in [7, 11) is 0. The third kappa shape index (κ3) is 3.61. The van der Waals surface area contributed by atoms with Crippen LogP contribution in [0.15, 0.2) is 23.2 Å². The van der Waals surface area contributed by atoms with E-state index in [2.05, 4.69) is 59.1 Å². The summed E-state index contributed by atoms with van der Waals surface area (Å²) in [4.78, 5) is 4.92. The van der Waals surface area contributed by atoms with E-state index >= 15 is 0 Å². The number of thioether (sulfide) groups is 1. The molecule has 0 N–H and O–H groups in total. The fraction of sp³-hybridized carbons (Fsp3) is 0.562. The van der Waals surface area contributed by atoms with Crippen LogP contribution in [-0.2, 0) is 0 Å². The van der Waals surface area contributed by atoms with E-state index in [1.54, 1.807) is 11.8 Å². The molecule has 2 heteroatoms. The Morgan fingerprint density at radius 1 is 1.11 bits per heavy atom. The minimum Gasteiger partial charge on any atom is -0.246 e. The van der Waals surface area contributed by atoms with Gasteiger partial charge in [-0.2, -0.15) is 0 Å². The van der Waals surface area contributed by atoms with Gasteiger partial charge in [-0.3, -0.25) is 0 Å². The van der Waals surface area contributed by atoms with Gasteiger partial charge in [0, 0.05) is 0 Å². The maximum atomic E-state index is 4.92. The zero-order valence-corrected chi connectivity index (χ0v) is 13.3. The van der Waals surface area contributed by atoms with E-state index in [-0.39, 0.29) is 0 Å². The third-order valence-corrected chi connectivity index (χ3v) is 3.97. The molecular formula is C16H25NS. The maximum absolute atomic E-state index is 4.92. The molecule has 18 heavy (non-hydrogen) atoms. The summed E-state index contributed by atoms with van der Waals surface area (Å²) < 4.78 is 0. The van der Waals surface area contributed by atoms with Crippen molar-refractivity contribution in [2.24, 2.45) is 4.99 Å². The molecule has 0 unspecified atom stereocenters. The van der Waals surface area contributed by atoms with Gasteiger partial charge in [0.15, 0.2) is 0 Å². The van der Waals surface area contributed by atoms with Crippen LogP contribution in [0.2, 0.25) is 0 Å². The Hall–Kier alpha value is -0.760. The van der Waals surface area contributed by atoms with Gasteiger partial charge in [0.2, 0.25) is 0 Å². The maximum Gasteiger partial charge on any atom is 0.0733 e. The van der Waals surface area contributed by atoms with E-state index in [0.29, 0.717) is 11.8 Å². The molecule has 0 atom stereocenters. The molecule has 1 nitrogen and oxygen atoms in total. The lowest BCUT2D eigenvalue weighted by Gasteiger charge is -2.17. The van der Waals surface area contributed by atoms with Crippen molar-refractivity contribution < 1.29 is 0 Å². The fourth-order valence-corrected chi connectivity index (χ4v) is 2.51. The number of rotatable bonds is 4. The van der Waals surface area contributed by atoms with Gasteiger partial charge >= 0.3 is 0 Å². The Morgan fingerprint density at radius 3 is 1.94 bits per heavy atom. The second-order valence-electron chi connectivity index (χ2n) is 5.16. The molecule has 0 aliphatic heterocycles. The molecule has 0 aromatic heterocycles. The lowest BCUT2D eigenvalue weighted by Crippen LogP contribution is -1.97. The minimum absolute atomic E-state index is 0.516. The van der Waals surface area contributed by atoms with Crippen molar-refractivity contribution in [3.8, 4) is 0 Å². The van der Waals surface area contributed by atoms with Gasteiger partial charge in [-0.1, -0.05) is 52.8 Å². The molecule has 0 bridgehead atoms. The number of aliphatic imine (C=N–C) groups is 1. The van der Waals surface area contributed by atoms with Crippen LogP contribution < -0.4 is 0 Å². The van der Waals surface area contributed by atoms with Crippen LogP contribution in [0.1, 0.15) is 64.0 Å². The van der Waals surface area contributed by atoms with E-state index in [1.165, 1.54) is 21.9 Å².